The zero-order chi connectivity index (χ0) is 17.3. The second kappa shape index (κ2) is 6.69. The maximum Gasteiger partial charge on any atom is 0.151 e. The van der Waals surface area contributed by atoms with Crippen molar-refractivity contribution in [3.63, 3.8) is 0 Å². The first-order valence-corrected chi connectivity index (χ1v) is 9.66. The van der Waals surface area contributed by atoms with Crippen molar-refractivity contribution >= 4 is 16.6 Å². The maximum atomic E-state index is 4.48. The molecule has 0 atom stereocenters. The van der Waals surface area contributed by atoms with Crippen LogP contribution in [0.2, 0.25) is 0 Å². The van der Waals surface area contributed by atoms with Gasteiger partial charge in [0.15, 0.2) is 5.82 Å². The molecule has 3 aromatic rings. The van der Waals surface area contributed by atoms with Crippen LogP contribution >= 0.6 is 0 Å². The minimum absolute atomic E-state index is 1.02. The molecule has 1 aliphatic heterocycles. The minimum Gasteiger partial charge on any atom is -0.353 e. The van der Waals surface area contributed by atoms with Gasteiger partial charge in [0.1, 0.15) is 0 Å². The zero-order valence-corrected chi connectivity index (χ0v) is 15.1. The van der Waals surface area contributed by atoms with E-state index in [1.807, 2.05) is 0 Å². The number of aromatic nitrogens is 2. The largest absolute Gasteiger partial charge is 0.353 e. The summed E-state index contributed by atoms with van der Waals surface area (Å²) in [5, 5.41) is 11.6. The van der Waals surface area contributed by atoms with Gasteiger partial charge in [-0.05, 0) is 47.2 Å². The van der Waals surface area contributed by atoms with Gasteiger partial charge in [0.05, 0.1) is 5.69 Å². The third kappa shape index (κ3) is 2.95. The standard InChI is InChI=1S/C22H24N4/c1-2-9-20-17(5-1)6-3-8-19(20)16-25-11-13-26(14-12-25)22-15-18-7-4-10-21(18)23-24-22/h1-3,5-6,8-9,15H,4,7,10-14,16H2. The van der Waals surface area contributed by atoms with E-state index in [2.05, 4.69) is 68.5 Å². The molecule has 2 heterocycles. The van der Waals surface area contributed by atoms with Crippen molar-refractivity contribution in [3.8, 4) is 0 Å². The molecule has 1 saturated heterocycles. The smallest absolute Gasteiger partial charge is 0.151 e. The van der Waals surface area contributed by atoms with Gasteiger partial charge in [-0.3, -0.25) is 4.90 Å². The normalized spacial score (nSPS) is 17.6. The maximum absolute atomic E-state index is 4.48. The SMILES string of the molecule is c1ccc2c(CN3CCN(c4cc5c(nn4)CCC5)CC3)cccc2c1. The van der Waals surface area contributed by atoms with Gasteiger partial charge in [0.25, 0.3) is 0 Å². The summed E-state index contributed by atoms with van der Waals surface area (Å²) in [6.07, 6.45) is 3.49. The van der Waals surface area contributed by atoms with Crippen LogP contribution in [-0.4, -0.2) is 41.3 Å². The summed E-state index contributed by atoms with van der Waals surface area (Å²) in [5.74, 6) is 1.07. The number of hydrogen-bond donors (Lipinski definition) is 0. The van der Waals surface area contributed by atoms with Crippen LogP contribution in [0.25, 0.3) is 10.8 Å². The van der Waals surface area contributed by atoms with Crippen molar-refractivity contribution in [1.82, 2.24) is 15.1 Å². The molecule has 132 valence electrons. The van der Waals surface area contributed by atoms with E-state index in [1.54, 1.807) is 0 Å². The third-order valence-electron chi connectivity index (χ3n) is 5.78. The molecule has 1 aromatic heterocycles. The van der Waals surface area contributed by atoms with Crippen LogP contribution in [0.4, 0.5) is 5.82 Å². The number of anilines is 1. The fourth-order valence-electron chi connectivity index (χ4n) is 4.28. The van der Waals surface area contributed by atoms with Gasteiger partial charge in [0.2, 0.25) is 0 Å². The Morgan fingerprint density at radius 2 is 1.69 bits per heavy atom. The molecule has 26 heavy (non-hydrogen) atoms. The van der Waals surface area contributed by atoms with Crippen molar-refractivity contribution in [1.29, 1.82) is 0 Å². The van der Waals surface area contributed by atoms with Gasteiger partial charge in [-0.25, -0.2) is 0 Å². The summed E-state index contributed by atoms with van der Waals surface area (Å²) in [7, 11) is 0. The van der Waals surface area contributed by atoms with Gasteiger partial charge in [-0.15, -0.1) is 5.10 Å². The van der Waals surface area contributed by atoms with Gasteiger partial charge >= 0.3 is 0 Å². The first-order valence-electron chi connectivity index (χ1n) is 9.66. The van der Waals surface area contributed by atoms with Crippen LogP contribution < -0.4 is 4.90 Å². The number of benzene rings is 2. The highest BCUT2D eigenvalue weighted by molar-refractivity contribution is 5.85. The Morgan fingerprint density at radius 1 is 0.846 bits per heavy atom. The summed E-state index contributed by atoms with van der Waals surface area (Å²) in [6, 6.07) is 17.6. The second-order valence-electron chi connectivity index (χ2n) is 7.43. The molecule has 0 radical (unpaired) electrons. The fraction of sp³-hybridized carbons (Fsp3) is 0.364. The third-order valence-corrected chi connectivity index (χ3v) is 5.78. The van der Waals surface area contributed by atoms with E-state index >= 15 is 0 Å². The number of hydrogen-bond acceptors (Lipinski definition) is 4. The van der Waals surface area contributed by atoms with E-state index in [-0.39, 0.29) is 0 Å². The monoisotopic (exact) mass is 344 g/mol. The Kier molecular flexibility index (Phi) is 4.06. The number of piperazine rings is 1. The quantitative estimate of drug-likeness (QED) is 0.728. The van der Waals surface area contributed by atoms with Gasteiger partial charge in [0, 0.05) is 32.7 Å². The van der Waals surface area contributed by atoms with Gasteiger partial charge in [-0.1, -0.05) is 42.5 Å². The predicted octanol–water partition coefficient (Wildman–Crippen LogP) is 3.44. The van der Waals surface area contributed by atoms with Crippen molar-refractivity contribution in [2.45, 2.75) is 25.8 Å². The van der Waals surface area contributed by atoms with E-state index in [4.69, 9.17) is 0 Å². The number of fused-ring (bicyclic) bond motifs is 2. The van der Waals surface area contributed by atoms with Crippen LogP contribution in [0.15, 0.2) is 48.5 Å². The highest BCUT2D eigenvalue weighted by atomic mass is 15.3. The van der Waals surface area contributed by atoms with Crippen molar-refractivity contribution in [3.05, 3.63) is 65.4 Å². The number of nitrogens with zero attached hydrogens (tertiary/aromatic N) is 4. The summed E-state index contributed by atoms with van der Waals surface area (Å²) < 4.78 is 0. The molecule has 0 bridgehead atoms. The summed E-state index contributed by atoms with van der Waals surface area (Å²) in [5.41, 5.74) is 4.05. The Balaban J connectivity index is 1.27. The van der Waals surface area contributed by atoms with E-state index in [1.165, 1.54) is 40.4 Å². The van der Waals surface area contributed by atoms with E-state index < -0.39 is 0 Å². The molecule has 0 spiro atoms. The van der Waals surface area contributed by atoms with E-state index in [9.17, 15) is 0 Å². The molecule has 0 saturated carbocycles. The van der Waals surface area contributed by atoms with E-state index in [0.717, 1.165) is 45.0 Å². The molecule has 0 N–H and O–H groups in total. The Hall–Kier alpha value is -2.46. The minimum atomic E-state index is 1.02. The molecule has 0 unspecified atom stereocenters. The van der Waals surface area contributed by atoms with Crippen molar-refractivity contribution in [2.24, 2.45) is 0 Å². The lowest BCUT2D eigenvalue weighted by Gasteiger charge is -2.35. The predicted molar refractivity (Wildman–Crippen MR) is 105 cm³/mol. The molecule has 1 fully saturated rings. The van der Waals surface area contributed by atoms with Gasteiger partial charge in [-0.2, -0.15) is 5.10 Å². The molecule has 4 heteroatoms. The number of aryl methyl sites for hydroxylation is 2. The summed E-state index contributed by atoms with van der Waals surface area (Å²) in [4.78, 5) is 4.95. The lowest BCUT2D eigenvalue weighted by atomic mass is 10.0. The van der Waals surface area contributed by atoms with Crippen LogP contribution in [0.1, 0.15) is 23.2 Å². The Labute approximate surface area is 154 Å². The molecule has 5 rings (SSSR count). The summed E-state index contributed by atoms with van der Waals surface area (Å²) >= 11 is 0. The second-order valence-corrected chi connectivity index (χ2v) is 7.43. The lowest BCUT2D eigenvalue weighted by molar-refractivity contribution is 0.250. The molecule has 2 aliphatic rings. The average molecular weight is 344 g/mol. The molecule has 1 aliphatic carbocycles. The molecule has 0 amide bonds. The first kappa shape index (κ1) is 15.8. The van der Waals surface area contributed by atoms with Crippen LogP contribution in [0.3, 0.4) is 0 Å². The molecule has 2 aromatic carbocycles. The van der Waals surface area contributed by atoms with Crippen LogP contribution in [-0.2, 0) is 19.4 Å². The fourth-order valence-corrected chi connectivity index (χ4v) is 4.28. The van der Waals surface area contributed by atoms with Crippen LogP contribution in [0.5, 0.6) is 0 Å². The average Bonchev–Trinajstić information content (AvgIpc) is 3.17. The topological polar surface area (TPSA) is 32.3 Å². The van der Waals surface area contributed by atoms with Gasteiger partial charge < -0.3 is 4.90 Å². The highest BCUT2D eigenvalue weighted by Crippen LogP contribution is 2.24. The zero-order valence-electron chi connectivity index (χ0n) is 15.1. The number of rotatable bonds is 3. The first-order chi connectivity index (χ1) is 12.9. The molecular weight excluding hydrogens is 320 g/mol. The van der Waals surface area contributed by atoms with E-state index in [0.29, 0.717) is 0 Å². The Bertz CT molecular complexity index is 923. The van der Waals surface area contributed by atoms with Crippen molar-refractivity contribution < 1.29 is 0 Å². The Morgan fingerprint density at radius 3 is 2.62 bits per heavy atom. The van der Waals surface area contributed by atoms with Crippen molar-refractivity contribution in [2.75, 3.05) is 31.1 Å². The lowest BCUT2D eigenvalue weighted by Crippen LogP contribution is -2.46. The highest BCUT2D eigenvalue weighted by Gasteiger charge is 2.21. The van der Waals surface area contributed by atoms with Crippen LogP contribution in [0, 0.1) is 0 Å². The molecular formula is C22H24N4. The summed E-state index contributed by atoms with van der Waals surface area (Å²) in [6.45, 7) is 5.21. The molecule has 4 nitrogen and oxygen atoms in total.